The van der Waals surface area contributed by atoms with Crippen molar-refractivity contribution in [2.75, 3.05) is 7.05 Å². The van der Waals surface area contributed by atoms with E-state index in [1.54, 1.807) is 11.9 Å². The SMILES string of the molecule is CN(Cc1ccc(Cl)cc1)C(=O)c1cccc2c(I)n[nH]c12. The Hall–Kier alpha value is -1.60. The molecule has 6 heteroatoms. The van der Waals surface area contributed by atoms with Crippen molar-refractivity contribution in [3.8, 4) is 0 Å². The van der Waals surface area contributed by atoms with Gasteiger partial charge in [-0.1, -0.05) is 35.9 Å². The van der Waals surface area contributed by atoms with Crippen LogP contribution in [-0.2, 0) is 6.54 Å². The van der Waals surface area contributed by atoms with E-state index < -0.39 is 0 Å². The summed E-state index contributed by atoms with van der Waals surface area (Å²) in [6.45, 7) is 0.525. The van der Waals surface area contributed by atoms with E-state index in [-0.39, 0.29) is 5.91 Å². The first-order valence-electron chi connectivity index (χ1n) is 6.69. The minimum atomic E-state index is -0.0411. The largest absolute Gasteiger partial charge is 0.337 e. The highest BCUT2D eigenvalue weighted by Crippen LogP contribution is 2.22. The Bertz CT molecular complexity index is 829. The first-order chi connectivity index (χ1) is 10.6. The monoisotopic (exact) mass is 425 g/mol. The van der Waals surface area contributed by atoms with Gasteiger partial charge in [0, 0.05) is 24.0 Å². The lowest BCUT2D eigenvalue weighted by Gasteiger charge is -2.17. The molecule has 0 unspecified atom stereocenters. The molecule has 0 atom stereocenters. The Balaban J connectivity index is 1.87. The van der Waals surface area contributed by atoms with Crippen LogP contribution in [0.1, 0.15) is 15.9 Å². The summed E-state index contributed by atoms with van der Waals surface area (Å²) in [6.07, 6.45) is 0. The number of nitrogens with one attached hydrogen (secondary N) is 1. The minimum absolute atomic E-state index is 0.0411. The molecule has 0 radical (unpaired) electrons. The number of rotatable bonds is 3. The zero-order chi connectivity index (χ0) is 15.7. The third-order valence-corrected chi connectivity index (χ3v) is 4.54. The molecule has 0 aliphatic rings. The summed E-state index contributed by atoms with van der Waals surface area (Å²) in [5.74, 6) is -0.0411. The zero-order valence-corrected chi connectivity index (χ0v) is 14.7. The maximum atomic E-state index is 12.7. The van der Waals surface area contributed by atoms with E-state index in [0.717, 1.165) is 20.2 Å². The summed E-state index contributed by atoms with van der Waals surface area (Å²) in [5, 5.41) is 8.76. The number of carbonyl (C=O) groups is 1. The fraction of sp³-hybridized carbons (Fsp3) is 0.125. The predicted molar refractivity (Wildman–Crippen MR) is 96.1 cm³/mol. The first-order valence-corrected chi connectivity index (χ1v) is 8.14. The molecule has 0 saturated carbocycles. The molecule has 0 aliphatic carbocycles. The predicted octanol–water partition coefficient (Wildman–Crippen LogP) is 4.09. The zero-order valence-electron chi connectivity index (χ0n) is 11.8. The number of aromatic amines is 1. The number of fused-ring (bicyclic) bond motifs is 1. The summed E-state index contributed by atoms with van der Waals surface area (Å²) in [6, 6.07) is 13.1. The van der Waals surface area contributed by atoms with E-state index in [0.29, 0.717) is 17.1 Å². The Morgan fingerprint density at radius 3 is 2.73 bits per heavy atom. The molecule has 1 aromatic heterocycles. The molecule has 1 N–H and O–H groups in total. The van der Waals surface area contributed by atoms with Crippen molar-refractivity contribution < 1.29 is 4.79 Å². The van der Waals surface area contributed by atoms with E-state index in [2.05, 4.69) is 32.8 Å². The highest BCUT2D eigenvalue weighted by atomic mass is 127. The molecule has 0 bridgehead atoms. The van der Waals surface area contributed by atoms with E-state index in [1.807, 2.05) is 42.5 Å². The fourth-order valence-corrected chi connectivity index (χ4v) is 3.03. The van der Waals surface area contributed by atoms with E-state index >= 15 is 0 Å². The van der Waals surface area contributed by atoms with Gasteiger partial charge in [-0.05, 0) is 46.4 Å². The van der Waals surface area contributed by atoms with Gasteiger partial charge in [0.05, 0.1) is 11.1 Å². The van der Waals surface area contributed by atoms with Crippen LogP contribution >= 0.6 is 34.2 Å². The number of benzene rings is 2. The summed E-state index contributed by atoms with van der Waals surface area (Å²) in [5.41, 5.74) is 2.44. The van der Waals surface area contributed by atoms with Gasteiger partial charge in [-0.2, -0.15) is 5.10 Å². The number of nitrogens with zero attached hydrogens (tertiary/aromatic N) is 2. The van der Waals surface area contributed by atoms with Gasteiger partial charge < -0.3 is 4.90 Å². The molecular weight excluding hydrogens is 413 g/mol. The molecule has 0 spiro atoms. The van der Waals surface area contributed by atoms with Gasteiger partial charge in [0.1, 0.15) is 3.70 Å². The van der Waals surface area contributed by atoms with Crippen LogP contribution in [0, 0.1) is 3.70 Å². The van der Waals surface area contributed by atoms with Gasteiger partial charge in [0.2, 0.25) is 0 Å². The molecule has 2 aromatic carbocycles. The summed E-state index contributed by atoms with van der Waals surface area (Å²) >= 11 is 8.03. The van der Waals surface area contributed by atoms with Gasteiger partial charge in [-0.15, -0.1) is 0 Å². The number of hydrogen-bond acceptors (Lipinski definition) is 2. The molecule has 22 heavy (non-hydrogen) atoms. The lowest BCUT2D eigenvalue weighted by molar-refractivity contribution is 0.0787. The lowest BCUT2D eigenvalue weighted by Crippen LogP contribution is -2.26. The lowest BCUT2D eigenvalue weighted by atomic mass is 10.1. The third kappa shape index (κ3) is 2.96. The van der Waals surface area contributed by atoms with Crippen LogP contribution < -0.4 is 0 Å². The second-order valence-corrected chi connectivity index (χ2v) is 6.49. The van der Waals surface area contributed by atoms with Gasteiger partial charge in [0.15, 0.2) is 0 Å². The van der Waals surface area contributed by atoms with E-state index in [4.69, 9.17) is 11.6 Å². The number of para-hydroxylation sites is 1. The molecule has 1 amide bonds. The van der Waals surface area contributed by atoms with Crippen molar-refractivity contribution in [1.82, 2.24) is 15.1 Å². The van der Waals surface area contributed by atoms with Crippen molar-refractivity contribution >= 4 is 51.0 Å². The van der Waals surface area contributed by atoms with Crippen LogP contribution in [0.5, 0.6) is 0 Å². The van der Waals surface area contributed by atoms with Crippen molar-refractivity contribution in [1.29, 1.82) is 0 Å². The topological polar surface area (TPSA) is 49.0 Å². The number of halogens is 2. The Labute approximate surface area is 146 Å². The number of H-pyrrole nitrogens is 1. The normalized spacial score (nSPS) is 10.9. The van der Waals surface area contributed by atoms with Crippen LogP contribution in [0.25, 0.3) is 10.9 Å². The maximum Gasteiger partial charge on any atom is 0.256 e. The number of amides is 1. The Morgan fingerprint density at radius 2 is 2.00 bits per heavy atom. The van der Waals surface area contributed by atoms with Crippen molar-refractivity contribution in [2.45, 2.75) is 6.54 Å². The summed E-state index contributed by atoms with van der Waals surface area (Å²) in [4.78, 5) is 14.4. The number of aromatic nitrogens is 2. The molecule has 0 fully saturated rings. The van der Waals surface area contributed by atoms with Crippen LogP contribution in [0.15, 0.2) is 42.5 Å². The van der Waals surface area contributed by atoms with Gasteiger partial charge in [-0.3, -0.25) is 9.89 Å². The van der Waals surface area contributed by atoms with Gasteiger partial charge in [-0.25, -0.2) is 0 Å². The molecular formula is C16H13ClIN3O. The van der Waals surface area contributed by atoms with Crippen molar-refractivity contribution in [2.24, 2.45) is 0 Å². The molecule has 0 aliphatic heterocycles. The number of carbonyl (C=O) groups excluding carboxylic acids is 1. The van der Waals surface area contributed by atoms with E-state index in [9.17, 15) is 4.79 Å². The van der Waals surface area contributed by atoms with E-state index in [1.165, 1.54) is 0 Å². The maximum absolute atomic E-state index is 12.7. The third-order valence-electron chi connectivity index (χ3n) is 3.46. The van der Waals surface area contributed by atoms with Gasteiger partial charge in [0.25, 0.3) is 5.91 Å². The second-order valence-electron chi connectivity index (χ2n) is 5.03. The fourth-order valence-electron chi connectivity index (χ4n) is 2.33. The van der Waals surface area contributed by atoms with Gasteiger partial charge >= 0.3 is 0 Å². The smallest absolute Gasteiger partial charge is 0.256 e. The Kier molecular flexibility index (Phi) is 4.35. The second kappa shape index (κ2) is 6.26. The average molecular weight is 426 g/mol. The van der Waals surface area contributed by atoms with Crippen LogP contribution in [0.3, 0.4) is 0 Å². The molecule has 3 aromatic rings. The van der Waals surface area contributed by atoms with Crippen LogP contribution in [-0.4, -0.2) is 28.1 Å². The minimum Gasteiger partial charge on any atom is -0.337 e. The molecule has 4 nitrogen and oxygen atoms in total. The van der Waals surface area contributed by atoms with Crippen molar-refractivity contribution in [3.63, 3.8) is 0 Å². The van der Waals surface area contributed by atoms with Crippen LogP contribution in [0.4, 0.5) is 0 Å². The van der Waals surface area contributed by atoms with Crippen LogP contribution in [0.2, 0.25) is 5.02 Å². The molecule has 0 saturated heterocycles. The van der Waals surface area contributed by atoms with Crippen molar-refractivity contribution in [3.05, 3.63) is 62.3 Å². The highest BCUT2D eigenvalue weighted by Gasteiger charge is 2.17. The molecule has 3 rings (SSSR count). The highest BCUT2D eigenvalue weighted by molar-refractivity contribution is 14.1. The standard InChI is InChI=1S/C16H13ClIN3O/c1-21(9-10-5-7-11(17)8-6-10)16(22)13-4-2-3-12-14(13)19-20-15(12)18/h2-8H,9H2,1H3,(H,19,20). The number of hydrogen-bond donors (Lipinski definition) is 1. The first kappa shape index (κ1) is 15.3. The molecule has 112 valence electrons. The summed E-state index contributed by atoms with van der Waals surface area (Å²) < 4.78 is 0.864. The average Bonchev–Trinajstić information content (AvgIpc) is 2.90. The Morgan fingerprint density at radius 1 is 1.27 bits per heavy atom. The summed E-state index contributed by atoms with van der Waals surface area (Å²) in [7, 11) is 1.79. The molecule has 1 heterocycles. The quantitative estimate of drug-likeness (QED) is 0.643.